The van der Waals surface area contributed by atoms with E-state index >= 15 is 0 Å². The summed E-state index contributed by atoms with van der Waals surface area (Å²) in [6.45, 7) is 1.56. The van der Waals surface area contributed by atoms with Crippen LogP contribution in [0.15, 0.2) is 72.1 Å². The number of halogens is 3. The number of hydrogen-bond acceptors (Lipinski definition) is 8. The van der Waals surface area contributed by atoms with Gasteiger partial charge in [-0.1, -0.05) is 67.6 Å². The van der Waals surface area contributed by atoms with Crippen LogP contribution >= 0.6 is 11.8 Å². The fraction of sp³-hybridized carbons (Fsp3) is 0.292. The lowest BCUT2D eigenvalue weighted by molar-refractivity contribution is -0.155. The van der Waals surface area contributed by atoms with Crippen molar-refractivity contribution in [2.45, 2.75) is 36.4 Å². The molecule has 4 rings (SSSR count). The zero-order chi connectivity index (χ0) is 27.7. The molecule has 38 heavy (non-hydrogen) atoms. The van der Waals surface area contributed by atoms with Crippen LogP contribution in [0.4, 0.5) is 13.2 Å². The number of carbonyl (C=O) groups excluding carboxylic acids is 3. The Morgan fingerprint density at radius 1 is 1.08 bits per heavy atom. The van der Waals surface area contributed by atoms with Gasteiger partial charge in [0.1, 0.15) is 11.4 Å². The molecule has 0 saturated carbocycles. The largest absolute Gasteiger partial charge is 0.534 e. The molecule has 2 amide bonds. The fourth-order valence-electron chi connectivity index (χ4n) is 3.85. The maximum atomic E-state index is 13.5. The van der Waals surface area contributed by atoms with E-state index in [9.17, 15) is 36.0 Å². The van der Waals surface area contributed by atoms with Gasteiger partial charge in [-0.2, -0.15) is 21.6 Å². The molecule has 202 valence electrons. The van der Waals surface area contributed by atoms with Gasteiger partial charge in [-0.3, -0.25) is 14.5 Å². The van der Waals surface area contributed by atoms with Gasteiger partial charge in [-0.05, 0) is 11.1 Å². The predicted molar refractivity (Wildman–Crippen MR) is 129 cm³/mol. The normalized spacial score (nSPS) is 19.5. The highest BCUT2D eigenvalue weighted by Gasteiger charge is 2.57. The zero-order valence-electron chi connectivity index (χ0n) is 19.7. The summed E-state index contributed by atoms with van der Waals surface area (Å²) in [6.07, 6.45) is -0.974. The fourth-order valence-corrected chi connectivity index (χ4v) is 5.67. The van der Waals surface area contributed by atoms with Crippen LogP contribution in [0.1, 0.15) is 30.6 Å². The molecule has 1 fully saturated rings. The van der Waals surface area contributed by atoms with E-state index < -0.39 is 68.1 Å². The quantitative estimate of drug-likeness (QED) is 0.223. The van der Waals surface area contributed by atoms with Gasteiger partial charge in [0, 0.05) is 6.42 Å². The monoisotopic (exact) mass is 570 g/mol. The summed E-state index contributed by atoms with van der Waals surface area (Å²) < 4.78 is 72.9. The smallest absolute Gasteiger partial charge is 0.448 e. The number of ether oxygens (including phenoxy) is 1. The van der Waals surface area contributed by atoms with Crippen LogP contribution in [-0.2, 0) is 33.4 Å². The Hall–Kier alpha value is -3.52. The maximum absolute atomic E-state index is 13.5. The van der Waals surface area contributed by atoms with Gasteiger partial charge in [0.2, 0.25) is 5.91 Å². The lowest BCUT2D eigenvalue weighted by Gasteiger charge is -2.49. The van der Waals surface area contributed by atoms with Crippen LogP contribution in [-0.4, -0.2) is 53.8 Å². The van der Waals surface area contributed by atoms with Crippen molar-refractivity contribution in [3.63, 3.8) is 0 Å². The van der Waals surface area contributed by atoms with Crippen molar-refractivity contribution < 1.29 is 44.9 Å². The summed E-state index contributed by atoms with van der Waals surface area (Å²) in [5.41, 5.74) is -5.51. The number of thioether (sulfide) groups is 1. The average molecular weight is 571 g/mol. The number of fused-ring (bicyclic) bond motifs is 1. The third-order valence-electron chi connectivity index (χ3n) is 5.69. The van der Waals surface area contributed by atoms with Crippen LogP contribution < -0.4 is 5.32 Å². The molecular weight excluding hydrogens is 549 g/mol. The summed E-state index contributed by atoms with van der Waals surface area (Å²) in [6, 6.07) is 15.8. The van der Waals surface area contributed by atoms with Gasteiger partial charge in [0.15, 0.2) is 17.6 Å². The molecular formula is C24H21F3N2O7S2. The Kier molecular flexibility index (Phi) is 7.74. The number of esters is 1. The van der Waals surface area contributed by atoms with E-state index in [-0.39, 0.29) is 6.42 Å². The van der Waals surface area contributed by atoms with E-state index in [1.807, 2.05) is 0 Å². The SMILES string of the molecule is CCC(=O)NC1C(=O)N2C(C(=O)OC(c3ccccc3)c3ccccc3)=C(OS(=O)(=O)C(F)(F)F)CS[C@H]12. The molecule has 14 heteroatoms. The Morgan fingerprint density at radius 3 is 2.13 bits per heavy atom. The first-order valence-corrected chi connectivity index (χ1v) is 13.7. The van der Waals surface area contributed by atoms with Crippen molar-refractivity contribution in [3.8, 4) is 0 Å². The number of rotatable bonds is 8. The summed E-state index contributed by atoms with van der Waals surface area (Å²) in [5.74, 6) is -3.95. The summed E-state index contributed by atoms with van der Waals surface area (Å²) in [4.78, 5) is 39.1. The summed E-state index contributed by atoms with van der Waals surface area (Å²) in [7, 11) is -6.15. The first kappa shape index (κ1) is 27.5. The van der Waals surface area contributed by atoms with E-state index in [0.29, 0.717) is 11.1 Å². The molecule has 2 aliphatic heterocycles. The topological polar surface area (TPSA) is 119 Å². The van der Waals surface area contributed by atoms with Crippen molar-refractivity contribution >= 4 is 39.7 Å². The average Bonchev–Trinajstić information content (AvgIpc) is 2.89. The highest BCUT2D eigenvalue weighted by Crippen LogP contribution is 2.43. The van der Waals surface area contributed by atoms with E-state index in [1.165, 1.54) is 0 Å². The van der Waals surface area contributed by atoms with Gasteiger partial charge < -0.3 is 14.2 Å². The van der Waals surface area contributed by atoms with Crippen LogP contribution in [0, 0.1) is 0 Å². The van der Waals surface area contributed by atoms with E-state index in [4.69, 9.17) is 4.74 Å². The van der Waals surface area contributed by atoms with Crippen molar-refractivity contribution in [1.29, 1.82) is 0 Å². The van der Waals surface area contributed by atoms with Crippen LogP contribution in [0.2, 0.25) is 0 Å². The van der Waals surface area contributed by atoms with Crippen LogP contribution in [0.25, 0.3) is 0 Å². The molecule has 0 aromatic heterocycles. The molecule has 1 unspecified atom stereocenters. The lowest BCUT2D eigenvalue weighted by atomic mass is 10.0. The second-order valence-electron chi connectivity index (χ2n) is 8.17. The Bertz CT molecular complexity index is 1330. The molecule has 0 bridgehead atoms. The standard InChI is InChI=1S/C24H21F3N2O7S2/c1-2-17(30)28-18-21(31)29-19(16(13-37-22(18)29)36-38(33,34)24(25,26)27)23(32)35-20(14-9-5-3-6-10-14)15-11-7-4-8-12-15/h3-12,18,20,22H,2,13H2,1H3,(H,28,30)/t18?,22-/m1/s1. The van der Waals surface area contributed by atoms with Gasteiger partial charge in [0.25, 0.3) is 5.91 Å². The zero-order valence-corrected chi connectivity index (χ0v) is 21.3. The molecule has 2 aromatic carbocycles. The highest BCUT2D eigenvalue weighted by atomic mass is 32.2. The Balaban J connectivity index is 1.73. The number of carbonyl (C=O) groups is 3. The predicted octanol–water partition coefficient (Wildman–Crippen LogP) is 3.21. The Morgan fingerprint density at radius 2 is 1.63 bits per heavy atom. The molecule has 0 radical (unpaired) electrons. The van der Waals surface area contributed by atoms with Crippen LogP contribution in [0.3, 0.4) is 0 Å². The molecule has 2 aromatic rings. The molecule has 9 nitrogen and oxygen atoms in total. The van der Waals surface area contributed by atoms with Gasteiger partial charge >= 0.3 is 21.6 Å². The van der Waals surface area contributed by atoms with Crippen molar-refractivity contribution in [3.05, 3.63) is 83.2 Å². The van der Waals surface area contributed by atoms with Crippen molar-refractivity contribution in [2.24, 2.45) is 0 Å². The number of benzene rings is 2. The number of hydrogen-bond donors (Lipinski definition) is 1. The van der Waals surface area contributed by atoms with Gasteiger partial charge in [-0.25, -0.2) is 4.79 Å². The minimum absolute atomic E-state index is 0.0694. The number of nitrogens with one attached hydrogen (secondary N) is 1. The number of amides is 2. The summed E-state index contributed by atoms with van der Waals surface area (Å²) >= 11 is 0.837. The molecule has 0 spiro atoms. The number of alkyl halides is 3. The second-order valence-corrected chi connectivity index (χ2v) is 10.8. The molecule has 2 heterocycles. The summed E-state index contributed by atoms with van der Waals surface area (Å²) in [5, 5.41) is 1.61. The lowest BCUT2D eigenvalue weighted by Crippen LogP contribution is -2.70. The van der Waals surface area contributed by atoms with Gasteiger partial charge in [-0.15, -0.1) is 11.8 Å². The molecule has 2 aliphatic rings. The molecule has 2 atom stereocenters. The Labute approximate surface area is 220 Å². The van der Waals surface area contributed by atoms with Gasteiger partial charge in [0.05, 0.1) is 5.75 Å². The van der Waals surface area contributed by atoms with Crippen molar-refractivity contribution in [1.82, 2.24) is 10.2 Å². The molecule has 1 saturated heterocycles. The highest BCUT2D eigenvalue weighted by molar-refractivity contribution is 8.00. The minimum Gasteiger partial charge on any atom is -0.448 e. The first-order valence-electron chi connectivity index (χ1n) is 11.2. The van der Waals surface area contributed by atoms with E-state index in [0.717, 1.165) is 16.7 Å². The molecule has 0 aliphatic carbocycles. The van der Waals surface area contributed by atoms with E-state index in [2.05, 4.69) is 9.50 Å². The second kappa shape index (κ2) is 10.7. The third kappa shape index (κ3) is 5.36. The third-order valence-corrected chi connectivity index (χ3v) is 7.93. The maximum Gasteiger partial charge on any atom is 0.534 e. The minimum atomic E-state index is -6.15. The van der Waals surface area contributed by atoms with E-state index in [1.54, 1.807) is 67.6 Å². The number of β-lactam (4-membered cyclic amide) rings is 1. The number of nitrogens with zero attached hydrogens (tertiary/aromatic N) is 1. The first-order chi connectivity index (χ1) is 17.9. The van der Waals surface area contributed by atoms with Crippen molar-refractivity contribution in [2.75, 3.05) is 5.75 Å². The van der Waals surface area contributed by atoms with Crippen LogP contribution in [0.5, 0.6) is 0 Å². The molecule has 1 N–H and O–H groups in total.